The SMILES string of the molecule is CCOC(=O)c1ccc(N2C(=O)c3[nH]nc(-c4ccc(C)cc4)c3[C@H]2c2ccccn2)cc1. The topological polar surface area (TPSA) is 88.2 Å². The lowest BCUT2D eigenvalue weighted by molar-refractivity contribution is 0.0526. The third-order valence-electron chi connectivity index (χ3n) is 5.72. The molecule has 0 aliphatic carbocycles. The summed E-state index contributed by atoms with van der Waals surface area (Å²) >= 11 is 0. The van der Waals surface area contributed by atoms with Crippen LogP contribution in [0.1, 0.15) is 50.6 Å². The summed E-state index contributed by atoms with van der Waals surface area (Å²) in [5.41, 5.74) is 5.84. The van der Waals surface area contributed by atoms with Gasteiger partial charge in [-0.3, -0.25) is 19.8 Å². The van der Waals surface area contributed by atoms with E-state index in [-0.39, 0.29) is 5.91 Å². The maximum atomic E-state index is 13.5. The van der Waals surface area contributed by atoms with E-state index in [9.17, 15) is 9.59 Å². The number of aromatic amines is 1. The monoisotopic (exact) mass is 438 g/mol. The van der Waals surface area contributed by atoms with Crippen LogP contribution >= 0.6 is 0 Å². The van der Waals surface area contributed by atoms with Crippen molar-refractivity contribution in [3.05, 3.63) is 101 Å². The van der Waals surface area contributed by atoms with Crippen molar-refractivity contribution >= 4 is 17.6 Å². The zero-order chi connectivity index (χ0) is 22.9. The lowest BCUT2D eigenvalue weighted by Crippen LogP contribution is -2.29. The van der Waals surface area contributed by atoms with Gasteiger partial charge in [-0.2, -0.15) is 5.10 Å². The van der Waals surface area contributed by atoms with Crippen molar-refractivity contribution in [1.29, 1.82) is 0 Å². The van der Waals surface area contributed by atoms with Gasteiger partial charge in [0.1, 0.15) is 11.7 Å². The summed E-state index contributed by atoms with van der Waals surface area (Å²) in [6.45, 7) is 4.09. The highest BCUT2D eigenvalue weighted by molar-refractivity contribution is 6.11. The second-order valence-electron chi connectivity index (χ2n) is 7.83. The minimum absolute atomic E-state index is 0.199. The molecule has 5 rings (SSSR count). The largest absolute Gasteiger partial charge is 0.462 e. The van der Waals surface area contributed by atoms with Crippen molar-refractivity contribution in [3.8, 4) is 11.3 Å². The molecule has 0 radical (unpaired) electrons. The van der Waals surface area contributed by atoms with Crippen molar-refractivity contribution in [2.24, 2.45) is 0 Å². The van der Waals surface area contributed by atoms with E-state index >= 15 is 0 Å². The van der Waals surface area contributed by atoms with Crippen molar-refractivity contribution in [1.82, 2.24) is 15.2 Å². The Morgan fingerprint density at radius 1 is 1.06 bits per heavy atom. The van der Waals surface area contributed by atoms with Gasteiger partial charge in [0.15, 0.2) is 0 Å². The van der Waals surface area contributed by atoms with Crippen LogP contribution in [0.15, 0.2) is 72.9 Å². The Morgan fingerprint density at radius 2 is 1.82 bits per heavy atom. The van der Waals surface area contributed by atoms with Crippen LogP contribution in [0.2, 0.25) is 0 Å². The van der Waals surface area contributed by atoms with E-state index in [1.807, 2.05) is 49.4 Å². The van der Waals surface area contributed by atoms with Crippen LogP contribution in [0, 0.1) is 6.92 Å². The molecule has 0 saturated heterocycles. The van der Waals surface area contributed by atoms with Crippen LogP contribution < -0.4 is 4.90 Å². The first-order valence-corrected chi connectivity index (χ1v) is 10.8. The summed E-state index contributed by atoms with van der Waals surface area (Å²) in [5.74, 6) is -0.593. The number of anilines is 1. The quantitative estimate of drug-likeness (QED) is 0.456. The molecule has 4 aromatic rings. The molecule has 0 spiro atoms. The standard InChI is InChI=1S/C26H22N4O3/c1-3-33-26(32)18-11-13-19(14-12-18)30-24(20-6-4-5-15-27-20)21-22(28-29-23(21)25(30)31)17-9-7-16(2)8-10-17/h4-15,24H,3H2,1-2H3,(H,28,29)/t24-/m1/s1. The van der Waals surface area contributed by atoms with E-state index in [4.69, 9.17) is 4.74 Å². The molecule has 7 nitrogen and oxygen atoms in total. The molecule has 0 saturated carbocycles. The highest BCUT2D eigenvalue weighted by Crippen LogP contribution is 2.44. The Labute approximate surface area is 191 Å². The predicted octanol–water partition coefficient (Wildman–Crippen LogP) is 4.71. The highest BCUT2D eigenvalue weighted by atomic mass is 16.5. The fraction of sp³-hybridized carbons (Fsp3) is 0.154. The van der Waals surface area contributed by atoms with Crippen molar-refractivity contribution in [3.63, 3.8) is 0 Å². The van der Waals surface area contributed by atoms with Gasteiger partial charge in [0, 0.05) is 23.0 Å². The number of aromatic nitrogens is 3. The second-order valence-corrected chi connectivity index (χ2v) is 7.83. The van der Waals surface area contributed by atoms with E-state index in [0.717, 1.165) is 28.1 Å². The molecule has 0 unspecified atom stereocenters. The molecular weight excluding hydrogens is 416 g/mol. The molecular formula is C26H22N4O3. The molecule has 33 heavy (non-hydrogen) atoms. The van der Waals surface area contributed by atoms with Gasteiger partial charge in [-0.15, -0.1) is 0 Å². The van der Waals surface area contributed by atoms with Crippen LogP contribution in [-0.4, -0.2) is 33.7 Å². The van der Waals surface area contributed by atoms with Crippen LogP contribution in [0.5, 0.6) is 0 Å². The predicted molar refractivity (Wildman–Crippen MR) is 124 cm³/mol. The Kier molecular flexibility index (Phi) is 5.22. The summed E-state index contributed by atoms with van der Waals surface area (Å²) in [6, 6.07) is 20.1. The molecule has 3 heterocycles. The van der Waals surface area contributed by atoms with Crippen LogP contribution in [0.25, 0.3) is 11.3 Å². The minimum Gasteiger partial charge on any atom is -0.462 e. The number of nitrogens with one attached hydrogen (secondary N) is 1. The Morgan fingerprint density at radius 3 is 2.48 bits per heavy atom. The summed E-state index contributed by atoms with van der Waals surface area (Å²) in [7, 11) is 0. The zero-order valence-electron chi connectivity index (χ0n) is 18.3. The molecule has 0 bridgehead atoms. The first kappa shape index (κ1) is 20.6. The Hall–Kier alpha value is -4.26. The van der Waals surface area contributed by atoms with Crippen molar-refractivity contribution in [2.45, 2.75) is 19.9 Å². The molecule has 2 aromatic carbocycles. The number of amides is 1. The molecule has 1 amide bonds. The summed E-state index contributed by atoms with van der Waals surface area (Å²) in [5, 5.41) is 7.44. The summed E-state index contributed by atoms with van der Waals surface area (Å²) in [4.78, 5) is 31.9. The number of esters is 1. The maximum absolute atomic E-state index is 13.5. The first-order valence-electron chi connectivity index (χ1n) is 10.8. The number of pyridine rings is 1. The van der Waals surface area contributed by atoms with E-state index in [0.29, 0.717) is 23.6 Å². The molecule has 164 valence electrons. The molecule has 1 N–H and O–H groups in total. The minimum atomic E-state index is -0.461. The summed E-state index contributed by atoms with van der Waals surface area (Å²) in [6.07, 6.45) is 1.71. The van der Waals surface area contributed by atoms with E-state index < -0.39 is 12.0 Å². The van der Waals surface area contributed by atoms with Gasteiger partial charge in [-0.05, 0) is 50.2 Å². The number of carbonyl (C=O) groups is 2. The lowest BCUT2D eigenvalue weighted by Gasteiger charge is -2.25. The second kappa shape index (κ2) is 8.35. The fourth-order valence-corrected chi connectivity index (χ4v) is 4.13. The number of nitrogens with zero attached hydrogens (tertiary/aromatic N) is 3. The Bertz CT molecular complexity index is 1310. The smallest absolute Gasteiger partial charge is 0.338 e. The molecule has 1 aliphatic rings. The van der Waals surface area contributed by atoms with Gasteiger partial charge in [-0.1, -0.05) is 35.9 Å². The number of benzene rings is 2. The number of fused-ring (bicyclic) bond motifs is 1. The number of hydrogen-bond acceptors (Lipinski definition) is 5. The lowest BCUT2D eigenvalue weighted by atomic mass is 9.98. The van der Waals surface area contributed by atoms with Gasteiger partial charge in [0.2, 0.25) is 0 Å². The van der Waals surface area contributed by atoms with Crippen LogP contribution in [0.3, 0.4) is 0 Å². The zero-order valence-corrected chi connectivity index (χ0v) is 18.3. The van der Waals surface area contributed by atoms with Crippen LogP contribution in [-0.2, 0) is 4.74 Å². The van der Waals surface area contributed by atoms with Gasteiger partial charge in [0.25, 0.3) is 5.91 Å². The first-order chi connectivity index (χ1) is 16.1. The van der Waals surface area contributed by atoms with E-state index in [1.165, 1.54) is 0 Å². The number of carbonyl (C=O) groups excluding carboxylic acids is 2. The fourth-order valence-electron chi connectivity index (χ4n) is 4.13. The number of ether oxygens (including phenoxy) is 1. The molecule has 7 heteroatoms. The third-order valence-corrected chi connectivity index (χ3v) is 5.72. The van der Waals surface area contributed by atoms with Crippen molar-refractivity contribution < 1.29 is 14.3 Å². The van der Waals surface area contributed by atoms with Gasteiger partial charge in [-0.25, -0.2) is 4.79 Å². The molecule has 1 atom stereocenters. The van der Waals surface area contributed by atoms with Crippen molar-refractivity contribution in [2.75, 3.05) is 11.5 Å². The molecule has 1 aliphatic heterocycles. The van der Waals surface area contributed by atoms with Crippen LogP contribution in [0.4, 0.5) is 5.69 Å². The van der Waals surface area contributed by atoms with Gasteiger partial charge in [0.05, 0.1) is 23.6 Å². The van der Waals surface area contributed by atoms with E-state index in [2.05, 4.69) is 15.2 Å². The normalized spacial score (nSPS) is 14.9. The molecule has 0 fully saturated rings. The number of rotatable bonds is 5. The average Bonchev–Trinajstić information content (AvgIpc) is 3.39. The van der Waals surface area contributed by atoms with Gasteiger partial charge >= 0.3 is 5.97 Å². The van der Waals surface area contributed by atoms with E-state index in [1.54, 1.807) is 42.3 Å². The Balaban J connectivity index is 1.62. The third kappa shape index (κ3) is 3.57. The average molecular weight is 438 g/mol. The maximum Gasteiger partial charge on any atom is 0.338 e. The van der Waals surface area contributed by atoms with Gasteiger partial charge < -0.3 is 4.74 Å². The number of aryl methyl sites for hydroxylation is 1. The summed E-state index contributed by atoms with van der Waals surface area (Å²) < 4.78 is 5.07. The number of H-pyrrole nitrogens is 1. The highest BCUT2D eigenvalue weighted by Gasteiger charge is 2.43. The molecule has 2 aromatic heterocycles. The number of hydrogen-bond donors (Lipinski definition) is 1.